The molecule has 1 heterocycles. The molecule has 1 rings (SSSR count). The topological polar surface area (TPSA) is 52.3 Å². The summed E-state index contributed by atoms with van der Waals surface area (Å²) in [6.45, 7) is 0.984. The van der Waals surface area contributed by atoms with Crippen LogP contribution in [0.2, 0.25) is 0 Å². The molecular formula is C8H11NO2S. The summed E-state index contributed by atoms with van der Waals surface area (Å²) in [5.74, 6) is -0.318. The van der Waals surface area contributed by atoms with Gasteiger partial charge in [0.25, 0.3) is 0 Å². The molecule has 0 aliphatic carbocycles. The smallest absolute Gasteiger partial charge is 0.219 e. The van der Waals surface area contributed by atoms with Crippen molar-refractivity contribution in [3.8, 4) is 0 Å². The van der Waals surface area contributed by atoms with Gasteiger partial charge in [-0.3, -0.25) is 4.79 Å². The van der Waals surface area contributed by atoms with Gasteiger partial charge in [0, 0.05) is 11.3 Å². The van der Waals surface area contributed by atoms with Gasteiger partial charge in [-0.25, -0.2) is 0 Å². The fourth-order valence-corrected chi connectivity index (χ4v) is 1.38. The zero-order chi connectivity index (χ0) is 8.81. The number of hydrogen-bond acceptors (Lipinski definition) is 3. The fraction of sp³-hybridized carbons (Fsp3) is 0.375. The first kappa shape index (κ1) is 9.22. The molecule has 66 valence electrons. The Morgan fingerprint density at radius 3 is 3.08 bits per heavy atom. The Hall–Kier alpha value is -0.870. The van der Waals surface area contributed by atoms with E-state index >= 15 is 0 Å². The molecule has 0 radical (unpaired) electrons. The first-order valence-electron chi connectivity index (χ1n) is 3.67. The molecule has 0 fully saturated rings. The number of carbonyl (C=O) groups excluding carboxylic acids is 1. The molecule has 0 atom stereocenters. The van der Waals surface area contributed by atoms with Crippen molar-refractivity contribution in [1.29, 1.82) is 0 Å². The second-order valence-electron chi connectivity index (χ2n) is 2.35. The predicted molar refractivity (Wildman–Crippen MR) is 47.8 cm³/mol. The van der Waals surface area contributed by atoms with Crippen LogP contribution in [0, 0.1) is 0 Å². The highest BCUT2D eigenvalue weighted by atomic mass is 32.1. The van der Waals surface area contributed by atoms with Crippen LogP contribution in [-0.2, 0) is 16.1 Å². The van der Waals surface area contributed by atoms with Crippen LogP contribution in [0.3, 0.4) is 0 Å². The molecule has 0 aromatic carbocycles. The molecular weight excluding hydrogens is 174 g/mol. The lowest BCUT2D eigenvalue weighted by molar-refractivity contribution is -0.119. The largest absolute Gasteiger partial charge is 0.375 e. The summed E-state index contributed by atoms with van der Waals surface area (Å²) in [7, 11) is 0. The Morgan fingerprint density at radius 2 is 2.50 bits per heavy atom. The predicted octanol–water partition coefficient (Wildman–Crippen LogP) is 1.14. The number of rotatable bonds is 5. The van der Waals surface area contributed by atoms with Gasteiger partial charge in [-0.05, 0) is 11.4 Å². The number of nitrogens with two attached hydrogens (primary N) is 1. The normalized spacial score (nSPS) is 10.0. The first-order chi connectivity index (χ1) is 5.79. The fourth-order valence-electron chi connectivity index (χ4n) is 0.740. The van der Waals surface area contributed by atoms with Crippen molar-refractivity contribution in [2.45, 2.75) is 13.0 Å². The van der Waals surface area contributed by atoms with Crippen molar-refractivity contribution in [2.24, 2.45) is 5.73 Å². The molecule has 0 bridgehead atoms. The summed E-state index contributed by atoms with van der Waals surface area (Å²) in [4.78, 5) is 11.5. The van der Waals surface area contributed by atoms with Crippen molar-refractivity contribution in [1.82, 2.24) is 0 Å². The Balaban J connectivity index is 2.07. The molecule has 0 unspecified atom stereocenters. The van der Waals surface area contributed by atoms with Crippen LogP contribution in [0.1, 0.15) is 11.3 Å². The first-order valence-corrected chi connectivity index (χ1v) is 4.55. The number of primary amides is 1. The maximum Gasteiger partial charge on any atom is 0.219 e. The summed E-state index contributed by atoms with van der Waals surface area (Å²) >= 11 is 1.64. The second kappa shape index (κ2) is 4.90. The van der Waals surface area contributed by atoms with Gasteiger partial charge in [0.15, 0.2) is 0 Å². The maximum absolute atomic E-state index is 10.3. The van der Waals surface area contributed by atoms with Crippen LogP contribution in [0.4, 0.5) is 0 Å². The van der Waals surface area contributed by atoms with Gasteiger partial charge in [-0.2, -0.15) is 0 Å². The van der Waals surface area contributed by atoms with Crippen molar-refractivity contribution in [3.05, 3.63) is 22.4 Å². The molecule has 3 nitrogen and oxygen atoms in total. The zero-order valence-electron chi connectivity index (χ0n) is 6.66. The average molecular weight is 185 g/mol. The van der Waals surface area contributed by atoms with Gasteiger partial charge >= 0.3 is 0 Å². The van der Waals surface area contributed by atoms with Gasteiger partial charge in [-0.1, -0.05) is 6.07 Å². The van der Waals surface area contributed by atoms with E-state index in [1.54, 1.807) is 11.3 Å². The minimum atomic E-state index is -0.318. The van der Waals surface area contributed by atoms with Crippen LogP contribution in [0.15, 0.2) is 17.5 Å². The lowest BCUT2D eigenvalue weighted by Crippen LogP contribution is -2.13. The monoisotopic (exact) mass is 185 g/mol. The van der Waals surface area contributed by atoms with Crippen LogP contribution >= 0.6 is 11.3 Å². The highest BCUT2D eigenvalue weighted by Gasteiger charge is 1.95. The van der Waals surface area contributed by atoms with Crippen LogP contribution in [0.25, 0.3) is 0 Å². The summed E-state index contributed by atoms with van der Waals surface area (Å²) < 4.78 is 5.20. The molecule has 1 aromatic rings. The Kier molecular flexibility index (Phi) is 3.76. The Bertz CT molecular complexity index is 233. The van der Waals surface area contributed by atoms with Crippen LogP contribution < -0.4 is 5.73 Å². The van der Waals surface area contributed by atoms with E-state index in [0.29, 0.717) is 19.6 Å². The molecule has 4 heteroatoms. The van der Waals surface area contributed by atoms with Crippen molar-refractivity contribution < 1.29 is 9.53 Å². The van der Waals surface area contributed by atoms with Gasteiger partial charge in [0.05, 0.1) is 13.2 Å². The average Bonchev–Trinajstić information content (AvgIpc) is 2.49. The van der Waals surface area contributed by atoms with Gasteiger partial charge < -0.3 is 10.5 Å². The molecule has 0 aliphatic rings. The quantitative estimate of drug-likeness (QED) is 0.699. The number of ether oxygens (including phenoxy) is 1. The van der Waals surface area contributed by atoms with Crippen molar-refractivity contribution in [2.75, 3.05) is 6.61 Å². The third-order valence-corrected chi connectivity index (χ3v) is 2.17. The standard InChI is InChI=1S/C8H11NO2S/c9-8(10)3-4-11-6-7-2-1-5-12-7/h1-2,5H,3-4,6H2,(H2,9,10). The van der Waals surface area contributed by atoms with E-state index in [9.17, 15) is 4.79 Å². The highest BCUT2D eigenvalue weighted by molar-refractivity contribution is 7.09. The number of hydrogen-bond donors (Lipinski definition) is 1. The molecule has 1 amide bonds. The van der Waals surface area contributed by atoms with Gasteiger partial charge in [0.2, 0.25) is 5.91 Å². The summed E-state index contributed by atoms with van der Waals surface area (Å²) in [6, 6.07) is 3.96. The molecule has 0 saturated carbocycles. The summed E-state index contributed by atoms with van der Waals surface area (Å²) in [5, 5.41) is 1.99. The van der Waals surface area contributed by atoms with E-state index in [1.165, 1.54) is 4.88 Å². The SMILES string of the molecule is NC(=O)CCOCc1cccs1. The lowest BCUT2D eigenvalue weighted by Gasteiger charge is -1.98. The molecule has 2 N–H and O–H groups in total. The summed E-state index contributed by atoms with van der Waals surface area (Å²) in [5.41, 5.74) is 4.94. The summed E-state index contributed by atoms with van der Waals surface area (Å²) in [6.07, 6.45) is 0.297. The van der Waals surface area contributed by atoms with Crippen LogP contribution in [-0.4, -0.2) is 12.5 Å². The van der Waals surface area contributed by atoms with Crippen LogP contribution in [0.5, 0.6) is 0 Å². The van der Waals surface area contributed by atoms with E-state index in [0.717, 1.165) is 0 Å². The van der Waals surface area contributed by atoms with E-state index in [2.05, 4.69) is 0 Å². The number of carbonyl (C=O) groups is 1. The maximum atomic E-state index is 10.3. The zero-order valence-corrected chi connectivity index (χ0v) is 7.47. The second-order valence-corrected chi connectivity index (χ2v) is 3.38. The lowest BCUT2D eigenvalue weighted by atomic mass is 10.4. The van der Waals surface area contributed by atoms with E-state index < -0.39 is 0 Å². The molecule has 0 aliphatic heterocycles. The third-order valence-electron chi connectivity index (χ3n) is 1.32. The highest BCUT2D eigenvalue weighted by Crippen LogP contribution is 2.09. The van der Waals surface area contributed by atoms with Crippen molar-refractivity contribution >= 4 is 17.2 Å². The minimum Gasteiger partial charge on any atom is -0.375 e. The van der Waals surface area contributed by atoms with E-state index in [4.69, 9.17) is 10.5 Å². The molecule has 0 saturated heterocycles. The Labute approximate surface area is 75.1 Å². The van der Waals surface area contributed by atoms with Crippen molar-refractivity contribution in [3.63, 3.8) is 0 Å². The Morgan fingerprint density at radius 1 is 1.67 bits per heavy atom. The minimum absolute atomic E-state index is 0.297. The number of amides is 1. The van der Waals surface area contributed by atoms with Gasteiger partial charge in [-0.15, -0.1) is 11.3 Å². The van der Waals surface area contributed by atoms with E-state index in [1.807, 2.05) is 17.5 Å². The molecule has 12 heavy (non-hydrogen) atoms. The van der Waals surface area contributed by atoms with Gasteiger partial charge in [0.1, 0.15) is 0 Å². The molecule has 1 aromatic heterocycles. The van der Waals surface area contributed by atoms with E-state index in [-0.39, 0.29) is 5.91 Å². The molecule has 0 spiro atoms. The number of thiophene rings is 1. The third kappa shape index (κ3) is 3.50.